The summed E-state index contributed by atoms with van der Waals surface area (Å²) in [7, 11) is 0. The van der Waals surface area contributed by atoms with E-state index < -0.39 is 0 Å². The SMILES string of the molecule is Cc1ccc2c(c1)CN(CCc1ccccc1)C(=O)N2. The van der Waals surface area contributed by atoms with Crippen LogP contribution in [0.5, 0.6) is 0 Å². The molecule has 0 atom stereocenters. The third-order valence-corrected chi connectivity index (χ3v) is 3.66. The van der Waals surface area contributed by atoms with Crippen molar-refractivity contribution in [2.24, 2.45) is 0 Å². The van der Waals surface area contributed by atoms with Gasteiger partial charge in [-0.2, -0.15) is 0 Å². The molecule has 1 N–H and O–H groups in total. The molecule has 1 aliphatic heterocycles. The molecule has 1 heterocycles. The lowest BCUT2D eigenvalue weighted by Gasteiger charge is -2.29. The molecule has 0 spiro atoms. The molecule has 0 unspecified atom stereocenters. The zero-order valence-corrected chi connectivity index (χ0v) is 11.6. The molecule has 0 fully saturated rings. The molecule has 3 heteroatoms. The van der Waals surface area contributed by atoms with E-state index in [1.807, 2.05) is 35.2 Å². The van der Waals surface area contributed by atoms with Gasteiger partial charge in [0, 0.05) is 18.8 Å². The lowest BCUT2D eigenvalue weighted by molar-refractivity contribution is 0.207. The number of benzene rings is 2. The molecule has 2 amide bonds. The van der Waals surface area contributed by atoms with E-state index in [2.05, 4.69) is 30.4 Å². The van der Waals surface area contributed by atoms with Crippen LogP contribution >= 0.6 is 0 Å². The third-order valence-electron chi connectivity index (χ3n) is 3.66. The first kappa shape index (κ1) is 12.7. The van der Waals surface area contributed by atoms with E-state index in [9.17, 15) is 4.79 Å². The zero-order valence-electron chi connectivity index (χ0n) is 11.6. The number of hydrogen-bond acceptors (Lipinski definition) is 1. The maximum Gasteiger partial charge on any atom is 0.322 e. The Balaban J connectivity index is 1.70. The van der Waals surface area contributed by atoms with Gasteiger partial charge in [0.1, 0.15) is 0 Å². The highest BCUT2D eigenvalue weighted by molar-refractivity contribution is 5.92. The predicted octanol–water partition coefficient (Wildman–Crippen LogP) is 3.59. The van der Waals surface area contributed by atoms with Crippen molar-refractivity contribution in [3.05, 3.63) is 65.2 Å². The van der Waals surface area contributed by atoms with Gasteiger partial charge in [0.15, 0.2) is 0 Å². The Bertz CT molecular complexity index is 622. The first-order chi connectivity index (χ1) is 9.72. The van der Waals surface area contributed by atoms with E-state index >= 15 is 0 Å². The number of urea groups is 1. The van der Waals surface area contributed by atoms with Crippen molar-refractivity contribution in [2.45, 2.75) is 19.9 Å². The van der Waals surface area contributed by atoms with Crippen LogP contribution in [0.15, 0.2) is 48.5 Å². The smallest absolute Gasteiger partial charge is 0.320 e. The highest BCUT2D eigenvalue weighted by Gasteiger charge is 2.21. The molecule has 20 heavy (non-hydrogen) atoms. The fourth-order valence-electron chi connectivity index (χ4n) is 2.54. The van der Waals surface area contributed by atoms with Crippen molar-refractivity contribution < 1.29 is 4.79 Å². The number of hydrogen-bond donors (Lipinski definition) is 1. The molecular formula is C17H18N2O. The quantitative estimate of drug-likeness (QED) is 0.904. The standard InChI is InChI=1S/C17H18N2O/c1-13-7-8-16-15(11-13)12-19(17(20)18-16)10-9-14-5-3-2-4-6-14/h2-8,11H,9-10,12H2,1H3,(H,18,20). The van der Waals surface area contributed by atoms with Crippen LogP contribution in [0.4, 0.5) is 10.5 Å². The summed E-state index contributed by atoms with van der Waals surface area (Å²) in [4.78, 5) is 13.9. The van der Waals surface area contributed by atoms with Gasteiger partial charge in [0.05, 0.1) is 0 Å². The Morgan fingerprint density at radius 2 is 1.95 bits per heavy atom. The Hall–Kier alpha value is -2.29. The topological polar surface area (TPSA) is 32.3 Å². The molecule has 0 aromatic heterocycles. The monoisotopic (exact) mass is 266 g/mol. The van der Waals surface area contributed by atoms with E-state index in [4.69, 9.17) is 0 Å². The normalized spacial score (nSPS) is 13.8. The molecule has 102 valence electrons. The second kappa shape index (κ2) is 5.37. The summed E-state index contributed by atoms with van der Waals surface area (Å²) in [6.45, 7) is 3.50. The van der Waals surface area contributed by atoms with Gasteiger partial charge in [-0.15, -0.1) is 0 Å². The number of rotatable bonds is 3. The van der Waals surface area contributed by atoms with Crippen LogP contribution in [0.3, 0.4) is 0 Å². The number of aryl methyl sites for hydroxylation is 1. The molecule has 3 rings (SSSR count). The molecule has 2 aromatic rings. The summed E-state index contributed by atoms with van der Waals surface area (Å²) in [5, 5.41) is 2.96. The zero-order chi connectivity index (χ0) is 13.9. The van der Waals surface area contributed by atoms with Crippen molar-refractivity contribution in [2.75, 3.05) is 11.9 Å². The van der Waals surface area contributed by atoms with Gasteiger partial charge in [0.25, 0.3) is 0 Å². The highest BCUT2D eigenvalue weighted by Crippen LogP contribution is 2.24. The lowest BCUT2D eigenvalue weighted by Crippen LogP contribution is -2.39. The van der Waals surface area contributed by atoms with Gasteiger partial charge in [-0.25, -0.2) is 4.79 Å². The fraction of sp³-hybridized carbons (Fsp3) is 0.235. The number of carbonyl (C=O) groups excluding carboxylic acids is 1. The molecule has 2 aromatic carbocycles. The Morgan fingerprint density at radius 3 is 2.75 bits per heavy atom. The van der Waals surface area contributed by atoms with E-state index in [0.29, 0.717) is 6.54 Å². The first-order valence-corrected chi connectivity index (χ1v) is 6.92. The largest absolute Gasteiger partial charge is 0.322 e. The van der Waals surface area contributed by atoms with Gasteiger partial charge in [-0.3, -0.25) is 0 Å². The third kappa shape index (κ3) is 2.67. The second-order valence-electron chi connectivity index (χ2n) is 5.25. The van der Waals surface area contributed by atoms with Gasteiger partial charge in [-0.1, -0.05) is 48.0 Å². The van der Waals surface area contributed by atoms with Gasteiger partial charge in [-0.05, 0) is 30.5 Å². The minimum atomic E-state index is -0.00251. The molecular weight excluding hydrogens is 248 g/mol. The van der Waals surface area contributed by atoms with Gasteiger partial charge in [0.2, 0.25) is 0 Å². The van der Waals surface area contributed by atoms with E-state index in [1.54, 1.807) is 0 Å². The minimum Gasteiger partial charge on any atom is -0.320 e. The molecule has 0 saturated carbocycles. The van der Waals surface area contributed by atoms with Crippen LogP contribution in [0.1, 0.15) is 16.7 Å². The summed E-state index contributed by atoms with van der Waals surface area (Å²) in [6, 6.07) is 16.4. The number of nitrogens with one attached hydrogen (secondary N) is 1. The Labute approximate surface area is 119 Å². The summed E-state index contributed by atoms with van der Waals surface area (Å²) < 4.78 is 0. The fourth-order valence-corrected chi connectivity index (χ4v) is 2.54. The average molecular weight is 266 g/mol. The van der Waals surface area contributed by atoms with Crippen LogP contribution in [-0.4, -0.2) is 17.5 Å². The Morgan fingerprint density at radius 1 is 1.15 bits per heavy atom. The number of amides is 2. The minimum absolute atomic E-state index is 0.00251. The van der Waals surface area contributed by atoms with Gasteiger partial charge >= 0.3 is 6.03 Å². The highest BCUT2D eigenvalue weighted by atomic mass is 16.2. The average Bonchev–Trinajstić information content (AvgIpc) is 2.46. The lowest BCUT2D eigenvalue weighted by atomic mass is 10.1. The van der Waals surface area contributed by atoms with Crippen LogP contribution in [0.25, 0.3) is 0 Å². The first-order valence-electron chi connectivity index (χ1n) is 6.92. The maximum absolute atomic E-state index is 12.1. The van der Waals surface area contributed by atoms with Crippen LogP contribution in [0.2, 0.25) is 0 Å². The number of anilines is 1. The summed E-state index contributed by atoms with van der Waals surface area (Å²) in [5.74, 6) is 0. The summed E-state index contributed by atoms with van der Waals surface area (Å²) in [5.41, 5.74) is 4.62. The predicted molar refractivity (Wildman–Crippen MR) is 80.8 cm³/mol. The van der Waals surface area contributed by atoms with Crippen LogP contribution in [-0.2, 0) is 13.0 Å². The van der Waals surface area contributed by atoms with Crippen LogP contribution < -0.4 is 5.32 Å². The summed E-state index contributed by atoms with van der Waals surface area (Å²) >= 11 is 0. The van der Waals surface area contributed by atoms with Crippen molar-refractivity contribution in [1.29, 1.82) is 0 Å². The van der Waals surface area contributed by atoms with Crippen molar-refractivity contribution in [3.8, 4) is 0 Å². The number of nitrogens with zero attached hydrogens (tertiary/aromatic N) is 1. The van der Waals surface area contributed by atoms with Crippen LogP contribution in [0, 0.1) is 6.92 Å². The summed E-state index contributed by atoms with van der Waals surface area (Å²) in [6.07, 6.45) is 0.884. The second-order valence-corrected chi connectivity index (χ2v) is 5.25. The number of fused-ring (bicyclic) bond motifs is 1. The van der Waals surface area contributed by atoms with Crippen molar-refractivity contribution in [3.63, 3.8) is 0 Å². The molecule has 0 saturated heterocycles. The molecule has 0 radical (unpaired) electrons. The van der Waals surface area contributed by atoms with E-state index in [0.717, 1.165) is 18.7 Å². The van der Waals surface area contributed by atoms with Crippen molar-refractivity contribution in [1.82, 2.24) is 4.90 Å². The van der Waals surface area contributed by atoms with E-state index in [-0.39, 0.29) is 6.03 Å². The molecule has 0 aliphatic carbocycles. The number of carbonyl (C=O) groups is 1. The maximum atomic E-state index is 12.1. The molecule has 3 nitrogen and oxygen atoms in total. The molecule has 0 bridgehead atoms. The Kier molecular flexibility index (Phi) is 3.42. The van der Waals surface area contributed by atoms with E-state index in [1.165, 1.54) is 16.7 Å². The van der Waals surface area contributed by atoms with Gasteiger partial charge < -0.3 is 10.2 Å². The molecule has 1 aliphatic rings. The van der Waals surface area contributed by atoms with Crippen molar-refractivity contribution >= 4 is 11.7 Å².